The van der Waals surface area contributed by atoms with Gasteiger partial charge in [-0.05, 0) is 49.4 Å². The Bertz CT molecular complexity index is 764. The zero-order valence-corrected chi connectivity index (χ0v) is 12.7. The zero-order valence-electron chi connectivity index (χ0n) is 12.7. The van der Waals surface area contributed by atoms with Crippen LogP contribution in [-0.2, 0) is 19.0 Å². The highest BCUT2D eigenvalue weighted by Crippen LogP contribution is 2.29. The summed E-state index contributed by atoms with van der Waals surface area (Å²) in [7, 11) is 0. The molecule has 0 spiro atoms. The second-order valence-corrected chi connectivity index (χ2v) is 5.39. The molecular formula is C17H16F3NO3. The van der Waals surface area contributed by atoms with Gasteiger partial charge in [0.15, 0.2) is 0 Å². The van der Waals surface area contributed by atoms with Crippen LogP contribution in [0.25, 0.3) is 0 Å². The number of halogens is 3. The lowest BCUT2D eigenvalue weighted by atomic mass is 10.0. The van der Waals surface area contributed by atoms with Crippen molar-refractivity contribution in [1.29, 1.82) is 0 Å². The van der Waals surface area contributed by atoms with Crippen LogP contribution in [0.5, 0.6) is 0 Å². The number of hydrogen-bond donors (Lipinski definition) is 1. The normalized spacial score (nSPS) is 11.5. The van der Waals surface area contributed by atoms with E-state index in [1.165, 1.54) is 24.4 Å². The van der Waals surface area contributed by atoms with Gasteiger partial charge >= 0.3 is 12.3 Å². The second-order valence-electron chi connectivity index (χ2n) is 5.39. The predicted octanol–water partition coefficient (Wildman–Crippen LogP) is 3.96. The van der Waals surface area contributed by atoms with Gasteiger partial charge in [0.2, 0.25) is 0 Å². The summed E-state index contributed by atoms with van der Waals surface area (Å²) in [5.41, 5.74) is -0.0318. The minimum atomic E-state index is -4.34. The summed E-state index contributed by atoms with van der Waals surface area (Å²) >= 11 is 0. The summed E-state index contributed by atoms with van der Waals surface area (Å²) in [6.45, 7) is 0. The Morgan fingerprint density at radius 2 is 1.67 bits per heavy atom. The Morgan fingerprint density at radius 3 is 2.25 bits per heavy atom. The maximum atomic E-state index is 12.5. The molecule has 0 aliphatic carbocycles. The highest BCUT2D eigenvalue weighted by atomic mass is 19.4. The first-order chi connectivity index (χ1) is 11.3. The number of aromatic nitrogens is 1. The molecule has 24 heavy (non-hydrogen) atoms. The first kappa shape index (κ1) is 17.8. The number of unbranched alkanes of at least 4 members (excludes halogenated alkanes) is 1. The van der Waals surface area contributed by atoms with Gasteiger partial charge in [0.25, 0.3) is 5.56 Å². The topological polar surface area (TPSA) is 59.3 Å². The van der Waals surface area contributed by atoms with Gasteiger partial charge in [0.1, 0.15) is 0 Å². The number of aryl methyl sites for hydroxylation is 2. The van der Waals surface area contributed by atoms with Crippen LogP contribution in [0.3, 0.4) is 0 Å². The summed E-state index contributed by atoms with van der Waals surface area (Å²) in [4.78, 5) is 22.8. The molecule has 7 heteroatoms. The van der Waals surface area contributed by atoms with Gasteiger partial charge in [-0.15, -0.1) is 0 Å². The molecule has 0 aliphatic rings. The van der Waals surface area contributed by atoms with E-state index in [1.807, 2.05) is 0 Å². The molecule has 1 aromatic carbocycles. The molecule has 0 aliphatic heterocycles. The summed E-state index contributed by atoms with van der Waals surface area (Å²) in [5.74, 6) is 0. The van der Waals surface area contributed by atoms with Crippen LogP contribution in [0, 0.1) is 0 Å². The van der Waals surface area contributed by atoms with Crippen molar-refractivity contribution in [1.82, 2.24) is 4.57 Å². The van der Waals surface area contributed by atoms with Crippen LogP contribution in [0.15, 0.2) is 47.4 Å². The Kier molecular flexibility index (Phi) is 5.43. The van der Waals surface area contributed by atoms with Crippen LogP contribution in [0.4, 0.5) is 18.0 Å². The first-order valence-corrected chi connectivity index (χ1v) is 7.39. The molecule has 1 N–H and O–H groups in total. The van der Waals surface area contributed by atoms with Gasteiger partial charge < -0.3 is 5.11 Å². The van der Waals surface area contributed by atoms with E-state index in [4.69, 9.17) is 5.11 Å². The molecular weight excluding hydrogens is 323 g/mol. The van der Waals surface area contributed by atoms with Gasteiger partial charge in [-0.3, -0.25) is 4.79 Å². The van der Waals surface area contributed by atoms with Gasteiger partial charge in [-0.25, -0.2) is 9.36 Å². The van der Waals surface area contributed by atoms with Crippen LogP contribution < -0.4 is 5.56 Å². The third-order valence-electron chi connectivity index (χ3n) is 3.67. The Balaban J connectivity index is 1.89. The van der Waals surface area contributed by atoms with Crippen molar-refractivity contribution in [2.75, 3.05) is 0 Å². The fourth-order valence-corrected chi connectivity index (χ4v) is 2.38. The van der Waals surface area contributed by atoms with E-state index in [1.54, 1.807) is 6.07 Å². The lowest BCUT2D eigenvalue weighted by molar-refractivity contribution is -0.137. The predicted molar refractivity (Wildman–Crippen MR) is 82.2 cm³/mol. The van der Waals surface area contributed by atoms with E-state index >= 15 is 0 Å². The van der Waals surface area contributed by atoms with E-state index in [-0.39, 0.29) is 0 Å². The minimum Gasteiger partial charge on any atom is -0.464 e. The fourth-order valence-electron chi connectivity index (χ4n) is 2.38. The van der Waals surface area contributed by atoms with Crippen molar-refractivity contribution in [3.8, 4) is 0 Å². The molecule has 2 aromatic rings. The molecule has 0 amide bonds. The molecule has 0 saturated heterocycles. The number of hydrogen-bond acceptors (Lipinski definition) is 2. The number of pyridine rings is 1. The molecule has 0 bridgehead atoms. The first-order valence-electron chi connectivity index (χ1n) is 7.39. The highest BCUT2D eigenvalue weighted by Gasteiger charge is 2.29. The monoisotopic (exact) mass is 339 g/mol. The maximum Gasteiger partial charge on any atom is 0.418 e. The van der Waals surface area contributed by atoms with Gasteiger partial charge in [0, 0.05) is 11.8 Å². The molecule has 0 atom stereocenters. The quantitative estimate of drug-likeness (QED) is 0.839. The largest absolute Gasteiger partial charge is 0.464 e. The van der Waals surface area contributed by atoms with Gasteiger partial charge in [0.05, 0.1) is 5.56 Å². The van der Waals surface area contributed by atoms with E-state index < -0.39 is 23.4 Å². The van der Waals surface area contributed by atoms with E-state index in [2.05, 4.69) is 0 Å². The van der Waals surface area contributed by atoms with Crippen molar-refractivity contribution in [2.24, 2.45) is 0 Å². The molecule has 1 aromatic heterocycles. The Hall–Kier alpha value is -2.57. The lowest BCUT2D eigenvalue weighted by Gasteiger charge is -2.08. The van der Waals surface area contributed by atoms with Crippen LogP contribution in [-0.4, -0.2) is 15.8 Å². The van der Waals surface area contributed by atoms with Gasteiger partial charge in [-0.2, -0.15) is 13.2 Å². The molecule has 4 nitrogen and oxygen atoms in total. The molecule has 0 fully saturated rings. The van der Waals surface area contributed by atoms with Crippen LogP contribution >= 0.6 is 0 Å². The zero-order chi connectivity index (χ0) is 17.7. The van der Waals surface area contributed by atoms with Crippen molar-refractivity contribution in [2.45, 2.75) is 31.9 Å². The van der Waals surface area contributed by atoms with E-state index in [9.17, 15) is 22.8 Å². The SMILES string of the molecule is O=C(O)n1cccc(CCCCc2ccc(C(F)(F)F)cc2)c1=O. The molecule has 2 rings (SSSR count). The number of rotatable bonds is 5. The second kappa shape index (κ2) is 7.33. The third-order valence-corrected chi connectivity index (χ3v) is 3.67. The molecule has 1 heterocycles. The minimum absolute atomic E-state index is 0.410. The fraction of sp³-hybridized carbons (Fsp3) is 0.294. The number of carboxylic acid groups (broad SMARTS) is 1. The molecule has 0 saturated carbocycles. The Labute approximate surface area is 136 Å². The average Bonchev–Trinajstić information content (AvgIpc) is 2.52. The highest BCUT2D eigenvalue weighted by molar-refractivity contribution is 5.67. The standard InChI is InChI=1S/C17H16F3NO3/c18-17(19,20)14-9-7-12(8-10-14)4-1-2-5-13-6-3-11-21(15(13)22)16(23)24/h3,6-11H,1-2,4-5H2,(H,23,24). The van der Waals surface area contributed by atoms with Crippen molar-refractivity contribution < 1.29 is 23.1 Å². The summed E-state index contributed by atoms with van der Waals surface area (Å²) in [6.07, 6.45) is -2.13. The van der Waals surface area contributed by atoms with Crippen LogP contribution in [0.2, 0.25) is 0 Å². The Morgan fingerprint density at radius 1 is 1.04 bits per heavy atom. The van der Waals surface area contributed by atoms with E-state index in [0.717, 1.165) is 17.7 Å². The smallest absolute Gasteiger partial charge is 0.418 e. The number of alkyl halides is 3. The van der Waals surface area contributed by atoms with Crippen molar-refractivity contribution in [3.05, 3.63) is 69.6 Å². The number of carbonyl (C=O) groups is 1. The average molecular weight is 339 g/mol. The lowest BCUT2D eigenvalue weighted by Crippen LogP contribution is -2.27. The van der Waals surface area contributed by atoms with Crippen molar-refractivity contribution in [3.63, 3.8) is 0 Å². The summed E-state index contributed by atoms with van der Waals surface area (Å²) < 4.78 is 38.0. The molecule has 0 unspecified atom stereocenters. The molecule has 0 radical (unpaired) electrons. The number of benzene rings is 1. The summed E-state index contributed by atoms with van der Waals surface area (Å²) in [5, 5.41) is 8.87. The van der Waals surface area contributed by atoms with E-state index in [0.29, 0.717) is 35.8 Å². The molecule has 128 valence electrons. The van der Waals surface area contributed by atoms with Crippen molar-refractivity contribution >= 4 is 6.09 Å². The maximum absolute atomic E-state index is 12.5. The summed E-state index contributed by atoms with van der Waals surface area (Å²) in [6, 6.07) is 8.09. The third kappa shape index (κ3) is 4.47. The van der Waals surface area contributed by atoms with Crippen LogP contribution in [0.1, 0.15) is 29.5 Å². The van der Waals surface area contributed by atoms with Gasteiger partial charge in [-0.1, -0.05) is 18.2 Å². The number of nitrogens with zero attached hydrogens (tertiary/aromatic N) is 1.